The first-order chi connectivity index (χ1) is 5.72. The highest BCUT2D eigenvalue weighted by molar-refractivity contribution is 5.27. The lowest BCUT2D eigenvalue weighted by molar-refractivity contribution is 0.234. The second kappa shape index (κ2) is 6.83. The molecule has 0 amide bonds. The van der Waals surface area contributed by atoms with Gasteiger partial charge in [0.1, 0.15) is 0 Å². The minimum Gasteiger partial charge on any atom is -0.381 e. The molecular weight excluding hydrogens is 150 g/mol. The van der Waals surface area contributed by atoms with Crippen LogP contribution in [0.1, 0.15) is 6.92 Å². The number of rotatable bonds is 5. The second-order valence-corrected chi connectivity index (χ2v) is 2.55. The van der Waals surface area contributed by atoms with Crippen molar-refractivity contribution in [3.63, 3.8) is 0 Å². The van der Waals surface area contributed by atoms with Gasteiger partial charge in [-0.1, -0.05) is 30.9 Å². The molecule has 0 aliphatic carbocycles. The Labute approximate surface area is 74.4 Å². The van der Waals surface area contributed by atoms with Crippen LogP contribution >= 0.6 is 0 Å². The van der Waals surface area contributed by atoms with Gasteiger partial charge < -0.3 is 10.5 Å². The smallest absolute Gasteiger partial charge is 0.0646 e. The van der Waals surface area contributed by atoms with Gasteiger partial charge in [-0.15, -0.1) is 0 Å². The number of ether oxygens (including phenoxy) is 1. The Bertz CT molecular complexity index is 180. The number of methoxy groups -OCH3 is 1. The fourth-order valence-corrected chi connectivity index (χ4v) is 0.776. The molecule has 0 spiro atoms. The van der Waals surface area contributed by atoms with E-state index < -0.39 is 0 Å². The summed E-state index contributed by atoms with van der Waals surface area (Å²) in [5.74, 6) is 0. The standard InChI is InChI=1S/C10H17NO/c1-4-6-10(9(2)11)7-5-8-12-3/h4-7,9H,1,8,11H2,2-3H3/b7-5-,10-6+/t9-/m1/s1. The monoisotopic (exact) mass is 167 g/mol. The SMILES string of the molecule is C=C/C=C(\C=C/COC)[C@@H](C)N. The van der Waals surface area contributed by atoms with Gasteiger partial charge in [-0.25, -0.2) is 0 Å². The fraction of sp³-hybridized carbons (Fsp3) is 0.400. The molecule has 0 aromatic carbocycles. The Kier molecular flexibility index (Phi) is 6.34. The van der Waals surface area contributed by atoms with E-state index in [1.54, 1.807) is 13.2 Å². The number of nitrogens with two attached hydrogens (primary N) is 1. The van der Waals surface area contributed by atoms with Crippen molar-refractivity contribution in [2.24, 2.45) is 5.73 Å². The summed E-state index contributed by atoms with van der Waals surface area (Å²) in [5, 5.41) is 0. The lowest BCUT2D eigenvalue weighted by atomic mass is 10.1. The summed E-state index contributed by atoms with van der Waals surface area (Å²) < 4.78 is 4.87. The quantitative estimate of drug-likeness (QED) is 0.632. The van der Waals surface area contributed by atoms with E-state index in [0.717, 1.165) is 5.57 Å². The predicted molar refractivity (Wildman–Crippen MR) is 52.9 cm³/mol. The van der Waals surface area contributed by atoms with Gasteiger partial charge >= 0.3 is 0 Å². The van der Waals surface area contributed by atoms with Gasteiger partial charge in [0.25, 0.3) is 0 Å². The van der Waals surface area contributed by atoms with Crippen LogP contribution in [0.25, 0.3) is 0 Å². The Morgan fingerprint density at radius 3 is 2.75 bits per heavy atom. The summed E-state index contributed by atoms with van der Waals surface area (Å²) in [6, 6.07) is 0.0381. The van der Waals surface area contributed by atoms with Crippen LogP contribution < -0.4 is 5.73 Å². The maximum absolute atomic E-state index is 5.70. The summed E-state index contributed by atoms with van der Waals surface area (Å²) in [6.07, 6.45) is 7.52. The first-order valence-electron chi connectivity index (χ1n) is 3.96. The van der Waals surface area contributed by atoms with Gasteiger partial charge in [-0.2, -0.15) is 0 Å². The van der Waals surface area contributed by atoms with Crippen molar-refractivity contribution in [2.75, 3.05) is 13.7 Å². The van der Waals surface area contributed by atoms with E-state index in [4.69, 9.17) is 10.5 Å². The Morgan fingerprint density at radius 2 is 2.33 bits per heavy atom. The Balaban J connectivity index is 4.13. The zero-order chi connectivity index (χ0) is 9.40. The molecule has 2 nitrogen and oxygen atoms in total. The summed E-state index contributed by atoms with van der Waals surface area (Å²) >= 11 is 0. The molecule has 68 valence electrons. The zero-order valence-electron chi connectivity index (χ0n) is 7.79. The van der Waals surface area contributed by atoms with Crippen LogP contribution in [0.4, 0.5) is 0 Å². The third kappa shape index (κ3) is 4.88. The van der Waals surface area contributed by atoms with Gasteiger partial charge in [0.2, 0.25) is 0 Å². The molecule has 0 aliphatic rings. The number of hydrogen-bond donors (Lipinski definition) is 1. The van der Waals surface area contributed by atoms with Crippen LogP contribution in [-0.2, 0) is 4.74 Å². The highest BCUT2D eigenvalue weighted by Gasteiger charge is 1.96. The summed E-state index contributed by atoms with van der Waals surface area (Å²) in [5.41, 5.74) is 6.75. The average Bonchev–Trinajstić information content (AvgIpc) is 2.03. The molecule has 0 saturated carbocycles. The third-order valence-electron chi connectivity index (χ3n) is 1.41. The van der Waals surface area contributed by atoms with E-state index in [9.17, 15) is 0 Å². The van der Waals surface area contributed by atoms with Gasteiger partial charge in [0.05, 0.1) is 6.61 Å². The molecule has 0 rings (SSSR count). The van der Waals surface area contributed by atoms with Crippen molar-refractivity contribution in [1.29, 1.82) is 0 Å². The molecule has 0 bridgehead atoms. The lowest BCUT2D eigenvalue weighted by Gasteiger charge is -2.04. The van der Waals surface area contributed by atoms with Gasteiger partial charge in [0.15, 0.2) is 0 Å². The summed E-state index contributed by atoms with van der Waals surface area (Å²) in [6.45, 7) is 6.16. The van der Waals surface area contributed by atoms with Crippen LogP contribution in [0.2, 0.25) is 0 Å². The van der Waals surface area contributed by atoms with E-state index >= 15 is 0 Å². The van der Waals surface area contributed by atoms with Gasteiger partial charge in [0, 0.05) is 13.2 Å². The molecule has 0 aromatic rings. The third-order valence-corrected chi connectivity index (χ3v) is 1.41. The number of hydrogen-bond acceptors (Lipinski definition) is 2. The van der Waals surface area contributed by atoms with Crippen LogP contribution in [0, 0.1) is 0 Å². The Hall–Kier alpha value is -0.860. The molecule has 0 fully saturated rings. The maximum atomic E-state index is 5.70. The number of allylic oxidation sites excluding steroid dienone is 2. The van der Waals surface area contributed by atoms with Crippen molar-refractivity contribution in [3.8, 4) is 0 Å². The molecule has 0 heterocycles. The van der Waals surface area contributed by atoms with Gasteiger partial charge in [-0.3, -0.25) is 0 Å². The van der Waals surface area contributed by atoms with Crippen LogP contribution in [0.5, 0.6) is 0 Å². The molecule has 1 atom stereocenters. The molecule has 0 unspecified atom stereocenters. The largest absolute Gasteiger partial charge is 0.381 e. The summed E-state index contributed by atoms with van der Waals surface area (Å²) in [4.78, 5) is 0. The molecule has 12 heavy (non-hydrogen) atoms. The predicted octanol–water partition coefficient (Wildman–Crippen LogP) is 1.65. The highest BCUT2D eigenvalue weighted by Crippen LogP contribution is 2.01. The summed E-state index contributed by atoms with van der Waals surface area (Å²) in [7, 11) is 1.66. The average molecular weight is 167 g/mol. The van der Waals surface area contributed by atoms with Crippen molar-refractivity contribution in [2.45, 2.75) is 13.0 Å². The fourth-order valence-electron chi connectivity index (χ4n) is 0.776. The second-order valence-electron chi connectivity index (χ2n) is 2.55. The van der Waals surface area contributed by atoms with Crippen LogP contribution in [-0.4, -0.2) is 19.8 Å². The molecular formula is C10H17NO. The molecule has 0 radical (unpaired) electrons. The molecule has 0 saturated heterocycles. The van der Waals surface area contributed by atoms with E-state index in [1.807, 2.05) is 25.2 Å². The van der Waals surface area contributed by atoms with E-state index in [1.165, 1.54) is 0 Å². The van der Waals surface area contributed by atoms with Gasteiger partial charge in [-0.05, 0) is 12.5 Å². The van der Waals surface area contributed by atoms with Crippen molar-refractivity contribution in [1.82, 2.24) is 0 Å². The van der Waals surface area contributed by atoms with Crippen LogP contribution in [0.3, 0.4) is 0 Å². The topological polar surface area (TPSA) is 35.2 Å². The van der Waals surface area contributed by atoms with Crippen molar-refractivity contribution < 1.29 is 4.74 Å². The van der Waals surface area contributed by atoms with Crippen molar-refractivity contribution in [3.05, 3.63) is 36.5 Å². The first-order valence-corrected chi connectivity index (χ1v) is 3.96. The first kappa shape index (κ1) is 11.1. The van der Waals surface area contributed by atoms with E-state index in [2.05, 4.69) is 6.58 Å². The van der Waals surface area contributed by atoms with Crippen molar-refractivity contribution >= 4 is 0 Å². The molecule has 0 aromatic heterocycles. The Morgan fingerprint density at radius 1 is 1.67 bits per heavy atom. The van der Waals surface area contributed by atoms with Crippen LogP contribution in [0.15, 0.2) is 36.5 Å². The molecule has 2 N–H and O–H groups in total. The lowest BCUT2D eigenvalue weighted by Crippen LogP contribution is -2.16. The van der Waals surface area contributed by atoms with E-state index in [0.29, 0.717) is 6.61 Å². The minimum absolute atomic E-state index is 0.0381. The molecule has 2 heteroatoms. The maximum Gasteiger partial charge on any atom is 0.0646 e. The van der Waals surface area contributed by atoms with E-state index in [-0.39, 0.29) is 6.04 Å². The normalized spacial score (nSPS) is 15.1. The minimum atomic E-state index is 0.0381. The molecule has 0 aliphatic heterocycles. The highest BCUT2D eigenvalue weighted by atomic mass is 16.5. The zero-order valence-corrected chi connectivity index (χ0v) is 7.79.